The minimum Gasteiger partial charge on any atom is -0.495 e. The summed E-state index contributed by atoms with van der Waals surface area (Å²) in [5.41, 5.74) is 2.61. The van der Waals surface area contributed by atoms with Crippen LogP contribution in [0, 0.1) is 5.41 Å². The Morgan fingerprint density at radius 1 is 0.875 bits per heavy atom. The molecule has 0 radical (unpaired) electrons. The van der Waals surface area contributed by atoms with Crippen molar-refractivity contribution < 1.29 is 14.2 Å². The largest absolute Gasteiger partial charge is 0.495 e. The van der Waals surface area contributed by atoms with Gasteiger partial charge in [0.15, 0.2) is 11.5 Å². The highest BCUT2D eigenvalue weighted by Gasteiger charge is 2.25. The van der Waals surface area contributed by atoms with Gasteiger partial charge < -0.3 is 19.1 Å². The molecule has 0 N–H and O–H groups in total. The molecule has 0 atom stereocenters. The second-order valence-electron chi connectivity index (χ2n) is 9.83. The molecule has 1 fully saturated rings. The fourth-order valence-corrected chi connectivity index (χ4v) is 4.47. The molecular formula is C27H38N2O3. The highest BCUT2D eigenvalue weighted by atomic mass is 16.5. The summed E-state index contributed by atoms with van der Waals surface area (Å²) in [6.45, 7) is 11.3. The van der Waals surface area contributed by atoms with E-state index >= 15 is 0 Å². The van der Waals surface area contributed by atoms with E-state index in [4.69, 9.17) is 14.2 Å². The molecule has 2 aromatic carbocycles. The fourth-order valence-electron chi connectivity index (χ4n) is 4.47. The number of methoxy groups -OCH3 is 1. The van der Waals surface area contributed by atoms with E-state index in [0.717, 1.165) is 49.8 Å². The van der Waals surface area contributed by atoms with Crippen molar-refractivity contribution >= 4 is 5.69 Å². The summed E-state index contributed by atoms with van der Waals surface area (Å²) < 4.78 is 17.5. The Labute approximate surface area is 193 Å². The van der Waals surface area contributed by atoms with E-state index in [2.05, 4.69) is 54.0 Å². The monoisotopic (exact) mass is 438 g/mol. The average molecular weight is 439 g/mol. The van der Waals surface area contributed by atoms with Crippen LogP contribution in [0.4, 0.5) is 5.69 Å². The van der Waals surface area contributed by atoms with Crippen LogP contribution in [0.25, 0.3) is 0 Å². The number of aryl methyl sites for hydroxylation is 1. The molecule has 0 bridgehead atoms. The van der Waals surface area contributed by atoms with Crippen LogP contribution in [-0.4, -0.2) is 57.9 Å². The van der Waals surface area contributed by atoms with E-state index in [1.807, 2.05) is 12.1 Å². The summed E-state index contributed by atoms with van der Waals surface area (Å²) in [6, 6.07) is 14.8. The van der Waals surface area contributed by atoms with Crippen molar-refractivity contribution in [2.24, 2.45) is 5.41 Å². The van der Waals surface area contributed by atoms with Gasteiger partial charge in [0.05, 0.1) is 26.0 Å². The number of unbranched alkanes of at least 4 members (excludes halogenated alkanes) is 2. The van der Waals surface area contributed by atoms with E-state index in [-0.39, 0.29) is 5.41 Å². The van der Waals surface area contributed by atoms with Crippen LogP contribution in [0.5, 0.6) is 17.2 Å². The Morgan fingerprint density at radius 3 is 2.41 bits per heavy atom. The molecule has 174 valence electrons. The smallest absolute Gasteiger partial charge is 0.161 e. The minimum atomic E-state index is 0.0534. The van der Waals surface area contributed by atoms with Gasteiger partial charge in [-0.2, -0.15) is 0 Å². The molecule has 4 rings (SSSR count). The standard InChI is InChI=1S/C27H38N2O3/c1-27(2)20-31-25-13-12-22(19-26(25)32-21-27)9-5-4-8-14-28-15-17-29(18-16-28)23-10-6-7-11-24(23)30-3/h6-7,10-13,19H,4-5,8-9,14-18,20-21H2,1-3H3. The van der Waals surface area contributed by atoms with Crippen molar-refractivity contribution in [3.05, 3.63) is 48.0 Å². The van der Waals surface area contributed by atoms with Gasteiger partial charge in [-0.3, -0.25) is 4.90 Å². The lowest BCUT2D eigenvalue weighted by molar-refractivity contribution is 0.140. The van der Waals surface area contributed by atoms with E-state index in [0.29, 0.717) is 13.2 Å². The number of nitrogens with zero attached hydrogens (tertiary/aromatic N) is 2. The molecule has 0 aliphatic carbocycles. The third-order valence-electron chi connectivity index (χ3n) is 6.48. The maximum absolute atomic E-state index is 6.02. The van der Waals surface area contributed by atoms with Crippen molar-refractivity contribution in [3.8, 4) is 17.2 Å². The first kappa shape index (κ1) is 22.8. The molecule has 0 amide bonds. The number of hydrogen-bond donors (Lipinski definition) is 0. The normalized spacial score (nSPS) is 18.3. The van der Waals surface area contributed by atoms with Gasteiger partial charge >= 0.3 is 0 Å². The molecule has 2 aliphatic rings. The fraction of sp³-hybridized carbons (Fsp3) is 0.556. The number of anilines is 1. The van der Waals surface area contributed by atoms with Crippen molar-refractivity contribution in [2.75, 3.05) is 57.9 Å². The maximum atomic E-state index is 6.02. The van der Waals surface area contributed by atoms with Crippen molar-refractivity contribution in [2.45, 2.75) is 39.5 Å². The summed E-state index contributed by atoms with van der Waals surface area (Å²) >= 11 is 0. The zero-order chi connectivity index (χ0) is 22.4. The topological polar surface area (TPSA) is 34.2 Å². The van der Waals surface area contributed by atoms with Crippen molar-refractivity contribution in [3.63, 3.8) is 0 Å². The number of piperazine rings is 1. The van der Waals surface area contributed by atoms with Gasteiger partial charge in [-0.25, -0.2) is 0 Å². The molecule has 0 aromatic heterocycles. The third kappa shape index (κ3) is 5.89. The molecule has 2 heterocycles. The van der Waals surface area contributed by atoms with E-state index < -0.39 is 0 Å². The zero-order valence-electron chi connectivity index (χ0n) is 19.9. The van der Waals surface area contributed by atoms with Crippen LogP contribution in [0.1, 0.15) is 38.7 Å². The first-order chi connectivity index (χ1) is 15.5. The van der Waals surface area contributed by atoms with Gasteiger partial charge in [-0.1, -0.05) is 38.5 Å². The Kier molecular flexibility index (Phi) is 7.46. The predicted molar refractivity (Wildman–Crippen MR) is 130 cm³/mol. The molecule has 1 saturated heterocycles. The minimum absolute atomic E-state index is 0.0534. The molecule has 0 spiro atoms. The SMILES string of the molecule is COc1ccccc1N1CCN(CCCCCc2ccc3c(c2)OCC(C)(C)CO3)CC1. The number of hydrogen-bond acceptors (Lipinski definition) is 5. The summed E-state index contributed by atoms with van der Waals surface area (Å²) in [4.78, 5) is 5.04. The van der Waals surface area contributed by atoms with Crippen LogP contribution in [-0.2, 0) is 6.42 Å². The van der Waals surface area contributed by atoms with E-state index in [9.17, 15) is 0 Å². The van der Waals surface area contributed by atoms with Gasteiger partial charge in [0.2, 0.25) is 0 Å². The molecule has 0 saturated carbocycles. The number of para-hydroxylation sites is 2. The second kappa shape index (κ2) is 10.5. The highest BCUT2D eigenvalue weighted by molar-refractivity contribution is 5.58. The summed E-state index contributed by atoms with van der Waals surface area (Å²) in [7, 11) is 1.75. The van der Waals surface area contributed by atoms with Crippen molar-refractivity contribution in [1.82, 2.24) is 4.90 Å². The molecule has 5 heteroatoms. The molecule has 2 aromatic rings. The highest BCUT2D eigenvalue weighted by Crippen LogP contribution is 2.34. The molecule has 2 aliphatic heterocycles. The number of rotatable bonds is 8. The van der Waals surface area contributed by atoms with Crippen LogP contribution < -0.4 is 19.1 Å². The number of ether oxygens (including phenoxy) is 3. The Bertz CT molecular complexity index is 875. The van der Waals surface area contributed by atoms with Crippen LogP contribution in [0.15, 0.2) is 42.5 Å². The summed E-state index contributed by atoms with van der Waals surface area (Å²) in [6.07, 6.45) is 4.83. The maximum Gasteiger partial charge on any atom is 0.161 e. The number of fused-ring (bicyclic) bond motifs is 1. The first-order valence-electron chi connectivity index (χ1n) is 12.0. The molecular weight excluding hydrogens is 400 g/mol. The Hall–Kier alpha value is -2.40. The van der Waals surface area contributed by atoms with Gasteiger partial charge in [0.25, 0.3) is 0 Å². The Balaban J connectivity index is 1.15. The third-order valence-corrected chi connectivity index (χ3v) is 6.48. The summed E-state index contributed by atoms with van der Waals surface area (Å²) in [5.74, 6) is 2.76. The van der Waals surface area contributed by atoms with E-state index in [1.165, 1.54) is 37.1 Å². The number of benzene rings is 2. The first-order valence-corrected chi connectivity index (χ1v) is 12.0. The lowest BCUT2D eigenvalue weighted by Gasteiger charge is -2.36. The quantitative estimate of drug-likeness (QED) is 0.540. The van der Waals surface area contributed by atoms with Crippen LogP contribution >= 0.6 is 0 Å². The van der Waals surface area contributed by atoms with Gasteiger partial charge in [0, 0.05) is 31.6 Å². The molecule has 5 nitrogen and oxygen atoms in total. The lowest BCUT2D eigenvalue weighted by atomic mass is 9.97. The predicted octanol–water partition coefficient (Wildman–Crippen LogP) is 5.03. The lowest BCUT2D eigenvalue weighted by Crippen LogP contribution is -2.46. The second-order valence-corrected chi connectivity index (χ2v) is 9.83. The van der Waals surface area contributed by atoms with Gasteiger partial charge in [-0.15, -0.1) is 0 Å². The molecule has 0 unspecified atom stereocenters. The molecule has 32 heavy (non-hydrogen) atoms. The van der Waals surface area contributed by atoms with Crippen molar-refractivity contribution in [1.29, 1.82) is 0 Å². The van der Waals surface area contributed by atoms with Crippen LogP contribution in [0.3, 0.4) is 0 Å². The summed E-state index contributed by atoms with van der Waals surface area (Å²) in [5, 5.41) is 0. The van der Waals surface area contributed by atoms with Gasteiger partial charge in [-0.05, 0) is 55.6 Å². The van der Waals surface area contributed by atoms with E-state index in [1.54, 1.807) is 7.11 Å². The van der Waals surface area contributed by atoms with Gasteiger partial charge in [0.1, 0.15) is 5.75 Å². The van der Waals surface area contributed by atoms with Crippen LogP contribution in [0.2, 0.25) is 0 Å². The Morgan fingerprint density at radius 2 is 1.62 bits per heavy atom. The zero-order valence-corrected chi connectivity index (χ0v) is 19.9. The average Bonchev–Trinajstić information content (AvgIpc) is 2.97.